The molecular weight excluding hydrogens is 386 g/mol. The van der Waals surface area contributed by atoms with Crippen LogP contribution in [-0.4, -0.2) is 31.1 Å². The molecule has 0 radical (unpaired) electrons. The standard InChI is InChI=1S/C26H29N3O2/c1-19-21(10-7-11-25(19)22-8-5-4-6-9-22)12-14-24-15-13-23(26(29-24)31-3)18-27-16-17-28-20(2)30/h4-15,27H,16-18H2,1-3H3,(H,28,30)/b14-12+. The number of aromatic nitrogens is 1. The van der Waals surface area contributed by atoms with Gasteiger partial charge in [-0.3, -0.25) is 4.79 Å². The second-order valence-corrected chi connectivity index (χ2v) is 7.28. The summed E-state index contributed by atoms with van der Waals surface area (Å²) in [6.45, 7) is 5.55. The van der Waals surface area contributed by atoms with E-state index in [1.54, 1.807) is 7.11 Å². The summed E-state index contributed by atoms with van der Waals surface area (Å²) in [5, 5.41) is 6.05. The normalized spacial score (nSPS) is 10.9. The van der Waals surface area contributed by atoms with Crippen LogP contribution >= 0.6 is 0 Å². The molecule has 0 aliphatic carbocycles. The molecule has 3 aromatic rings. The number of nitrogens with zero attached hydrogens (tertiary/aromatic N) is 1. The van der Waals surface area contributed by atoms with Gasteiger partial charge in [0.1, 0.15) is 0 Å². The van der Waals surface area contributed by atoms with Crippen LogP contribution in [0.1, 0.15) is 29.3 Å². The molecule has 160 valence electrons. The number of ether oxygens (including phenoxy) is 1. The Labute approximate surface area is 184 Å². The quantitative estimate of drug-likeness (QED) is 0.507. The third-order valence-corrected chi connectivity index (χ3v) is 5.04. The van der Waals surface area contributed by atoms with Gasteiger partial charge in [-0.05, 0) is 41.3 Å². The largest absolute Gasteiger partial charge is 0.481 e. The lowest BCUT2D eigenvalue weighted by Gasteiger charge is -2.10. The van der Waals surface area contributed by atoms with Crippen LogP contribution in [-0.2, 0) is 11.3 Å². The molecular formula is C26H29N3O2. The number of nitrogens with one attached hydrogen (secondary N) is 2. The summed E-state index contributed by atoms with van der Waals surface area (Å²) in [5.41, 5.74) is 6.65. The van der Waals surface area contributed by atoms with Crippen molar-refractivity contribution in [3.05, 3.63) is 83.0 Å². The predicted molar refractivity (Wildman–Crippen MR) is 127 cm³/mol. The second-order valence-electron chi connectivity index (χ2n) is 7.28. The molecule has 1 aromatic heterocycles. The van der Waals surface area contributed by atoms with Crippen LogP contribution in [0.5, 0.6) is 5.88 Å². The number of pyridine rings is 1. The van der Waals surface area contributed by atoms with Crippen molar-refractivity contribution in [1.29, 1.82) is 0 Å². The van der Waals surface area contributed by atoms with Crippen LogP contribution in [0, 0.1) is 6.92 Å². The first-order valence-corrected chi connectivity index (χ1v) is 10.4. The van der Waals surface area contributed by atoms with Gasteiger partial charge in [0, 0.05) is 32.1 Å². The van der Waals surface area contributed by atoms with E-state index in [0.29, 0.717) is 25.5 Å². The maximum Gasteiger partial charge on any atom is 0.218 e. The lowest BCUT2D eigenvalue weighted by Crippen LogP contribution is -2.30. The highest BCUT2D eigenvalue weighted by Crippen LogP contribution is 2.26. The molecule has 0 fully saturated rings. The zero-order valence-corrected chi connectivity index (χ0v) is 18.3. The van der Waals surface area contributed by atoms with E-state index in [9.17, 15) is 4.79 Å². The molecule has 0 aliphatic rings. The smallest absolute Gasteiger partial charge is 0.218 e. The molecule has 1 heterocycles. The van der Waals surface area contributed by atoms with E-state index in [4.69, 9.17) is 4.74 Å². The molecule has 5 nitrogen and oxygen atoms in total. The first-order valence-electron chi connectivity index (χ1n) is 10.4. The average molecular weight is 416 g/mol. The molecule has 0 spiro atoms. The van der Waals surface area contributed by atoms with Gasteiger partial charge in [-0.15, -0.1) is 0 Å². The Kier molecular flexibility index (Phi) is 7.96. The summed E-state index contributed by atoms with van der Waals surface area (Å²) in [6, 6.07) is 20.8. The van der Waals surface area contributed by atoms with Crippen molar-refractivity contribution in [3.8, 4) is 17.0 Å². The zero-order valence-electron chi connectivity index (χ0n) is 18.3. The third-order valence-electron chi connectivity index (χ3n) is 5.04. The highest BCUT2D eigenvalue weighted by atomic mass is 16.5. The Morgan fingerprint density at radius 2 is 1.81 bits per heavy atom. The van der Waals surface area contributed by atoms with Gasteiger partial charge in [0.25, 0.3) is 0 Å². The van der Waals surface area contributed by atoms with Gasteiger partial charge in [-0.1, -0.05) is 60.7 Å². The second kappa shape index (κ2) is 11.1. The summed E-state index contributed by atoms with van der Waals surface area (Å²) < 4.78 is 5.48. The van der Waals surface area contributed by atoms with Crippen LogP contribution in [0.2, 0.25) is 0 Å². The van der Waals surface area contributed by atoms with Crippen molar-refractivity contribution in [1.82, 2.24) is 15.6 Å². The number of carbonyl (C=O) groups excluding carboxylic acids is 1. The molecule has 2 aromatic carbocycles. The molecule has 31 heavy (non-hydrogen) atoms. The van der Waals surface area contributed by atoms with E-state index >= 15 is 0 Å². The number of rotatable bonds is 9. The fourth-order valence-electron chi connectivity index (χ4n) is 3.38. The summed E-state index contributed by atoms with van der Waals surface area (Å²) >= 11 is 0. The summed E-state index contributed by atoms with van der Waals surface area (Å²) in [7, 11) is 1.63. The van der Waals surface area contributed by atoms with Crippen LogP contribution in [0.4, 0.5) is 0 Å². The SMILES string of the molecule is COc1nc(/C=C/c2cccc(-c3ccccc3)c2C)ccc1CNCCNC(C)=O. The number of methoxy groups -OCH3 is 1. The molecule has 3 rings (SSSR count). The number of hydrogen-bond donors (Lipinski definition) is 2. The third kappa shape index (κ3) is 6.27. The van der Waals surface area contributed by atoms with Crippen molar-refractivity contribution in [2.75, 3.05) is 20.2 Å². The van der Waals surface area contributed by atoms with E-state index < -0.39 is 0 Å². The fourth-order valence-corrected chi connectivity index (χ4v) is 3.38. The summed E-state index contributed by atoms with van der Waals surface area (Å²) in [6.07, 6.45) is 4.10. The molecule has 2 N–H and O–H groups in total. The lowest BCUT2D eigenvalue weighted by atomic mass is 9.96. The van der Waals surface area contributed by atoms with Crippen molar-refractivity contribution in [3.63, 3.8) is 0 Å². The van der Waals surface area contributed by atoms with E-state index in [1.165, 1.54) is 23.6 Å². The van der Waals surface area contributed by atoms with Gasteiger partial charge in [-0.2, -0.15) is 0 Å². The van der Waals surface area contributed by atoms with E-state index in [1.807, 2.05) is 24.3 Å². The molecule has 1 amide bonds. The molecule has 0 unspecified atom stereocenters. The molecule has 0 bridgehead atoms. The number of carbonyl (C=O) groups is 1. The van der Waals surface area contributed by atoms with Gasteiger partial charge < -0.3 is 15.4 Å². The fraction of sp³-hybridized carbons (Fsp3) is 0.231. The zero-order chi connectivity index (χ0) is 22.1. The molecule has 0 saturated heterocycles. The Bertz CT molecular complexity index is 1050. The Morgan fingerprint density at radius 1 is 1.00 bits per heavy atom. The van der Waals surface area contributed by atoms with Crippen LogP contribution in [0.15, 0.2) is 60.7 Å². The van der Waals surface area contributed by atoms with Crippen molar-refractivity contribution in [2.24, 2.45) is 0 Å². The van der Waals surface area contributed by atoms with Crippen LogP contribution < -0.4 is 15.4 Å². The van der Waals surface area contributed by atoms with Gasteiger partial charge in [0.05, 0.1) is 12.8 Å². The van der Waals surface area contributed by atoms with E-state index in [2.05, 4.69) is 71.1 Å². The highest BCUT2D eigenvalue weighted by Gasteiger charge is 2.07. The van der Waals surface area contributed by atoms with Crippen molar-refractivity contribution >= 4 is 18.1 Å². The Morgan fingerprint density at radius 3 is 2.55 bits per heavy atom. The van der Waals surface area contributed by atoms with E-state index in [0.717, 1.165) is 16.8 Å². The summed E-state index contributed by atoms with van der Waals surface area (Å²) in [5.74, 6) is 0.575. The van der Waals surface area contributed by atoms with Gasteiger partial charge in [-0.25, -0.2) is 4.98 Å². The van der Waals surface area contributed by atoms with Gasteiger partial charge >= 0.3 is 0 Å². The van der Waals surface area contributed by atoms with Crippen molar-refractivity contribution < 1.29 is 9.53 Å². The van der Waals surface area contributed by atoms with E-state index in [-0.39, 0.29) is 5.91 Å². The highest BCUT2D eigenvalue weighted by molar-refractivity contribution is 5.77. The monoisotopic (exact) mass is 415 g/mol. The Balaban J connectivity index is 1.71. The van der Waals surface area contributed by atoms with Gasteiger partial charge in [0.15, 0.2) is 0 Å². The topological polar surface area (TPSA) is 63.2 Å². The average Bonchev–Trinajstić information content (AvgIpc) is 2.79. The predicted octanol–water partition coefficient (Wildman–Crippen LogP) is 4.46. The lowest BCUT2D eigenvalue weighted by molar-refractivity contribution is -0.118. The van der Waals surface area contributed by atoms with Crippen LogP contribution in [0.3, 0.4) is 0 Å². The maximum atomic E-state index is 10.9. The Hall–Kier alpha value is -3.44. The molecule has 5 heteroatoms. The molecule has 0 aliphatic heterocycles. The first-order chi connectivity index (χ1) is 15.1. The summed E-state index contributed by atoms with van der Waals surface area (Å²) in [4.78, 5) is 15.5. The maximum absolute atomic E-state index is 10.9. The first kappa shape index (κ1) is 22.2. The van der Waals surface area contributed by atoms with Crippen molar-refractivity contribution in [2.45, 2.75) is 20.4 Å². The minimum Gasteiger partial charge on any atom is -0.481 e. The minimum absolute atomic E-state index is 0.0262. The number of hydrogen-bond acceptors (Lipinski definition) is 4. The van der Waals surface area contributed by atoms with Gasteiger partial charge in [0.2, 0.25) is 11.8 Å². The molecule has 0 saturated carbocycles. The number of amides is 1. The van der Waals surface area contributed by atoms with Crippen LogP contribution in [0.25, 0.3) is 23.3 Å². The minimum atomic E-state index is -0.0262. The molecule has 0 atom stereocenters. The number of benzene rings is 2.